The van der Waals surface area contributed by atoms with E-state index in [1.165, 1.54) is 0 Å². The van der Waals surface area contributed by atoms with Gasteiger partial charge in [-0.05, 0) is 32.0 Å². The molecule has 0 unspecified atom stereocenters. The minimum atomic E-state index is 0.681. The normalized spacial score (nSPS) is 10.5. The Hall–Kier alpha value is -1.88. The summed E-state index contributed by atoms with van der Waals surface area (Å²) in [5.74, 6) is 0.911. The monoisotopic (exact) mass is 247 g/mol. The lowest BCUT2D eigenvalue weighted by atomic mass is 10.3. The van der Waals surface area contributed by atoms with E-state index >= 15 is 0 Å². The summed E-state index contributed by atoms with van der Waals surface area (Å²) in [7, 11) is 0. The number of ether oxygens (including phenoxy) is 1. The van der Waals surface area contributed by atoms with Crippen LogP contribution < -0.4 is 10.1 Å². The van der Waals surface area contributed by atoms with E-state index in [-0.39, 0.29) is 0 Å². The zero-order valence-electron chi connectivity index (χ0n) is 10.4. The zero-order chi connectivity index (χ0) is 12.6. The second-order valence-electron chi connectivity index (χ2n) is 3.99. The van der Waals surface area contributed by atoms with Gasteiger partial charge in [-0.2, -0.15) is 0 Å². The third-order valence-corrected chi connectivity index (χ3v) is 2.55. The van der Waals surface area contributed by atoms with Gasteiger partial charge in [0.25, 0.3) is 0 Å². The first kappa shape index (κ1) is 12.6. The minimum Gasteiger partial charge on any atom is -0.494 e. The van der Waals surface area contributed by atoms with Gasteiger partial charge in [-0.15, -0.1) is 0 Å². The molecule has 0 amide bonds. The Bertz CT molecular complexity index is 456. The smallest absolute Gasteiger partial charge is 0.121 e. The van der Waals surface area contributed by atoms with Crippen LogP contribution in [0.4, 0.5) is 0 Å². The van der Waals surface area contributed by atoms with Crippen molar-refractivity contribution in [3.63, 3.8) is 0 Å². The number of hydrogen-bond acceptors (Lipinski definition) is 5. The minimum absolute atomic E-state index is 0.681. The summed E-state index contributed by atoms with van der Waals surface area (Å²) in [4.78, 5) is 0. The molecule has 1 heterocycles. The van der Waals surface area contributed by atoms with E-state index in [1.54, 1.807) is 0 Å². The lowest BCUT2D eigenvalue weighted by Gasteiger charge is -2.06. The molecule has 0 saturated carbocycles. The molecule has 1 aromatic heterocycles. The van der Waals surface area contributed by atoms with Gasteiger partial charge in [0.05, 0.1) is 6.61 Å². The molecule has 0 aliphatic heterocycles. The molecule has 0 fully saturated rings. The Morgan fingerprint density at radius 2 is 2.06 bits per heavy atom. The second-order valence-corrected chi connectivity index (χ2v) is 3.99. The number of para-hydroxylation sites is 1. The van der Waals surface area contributed by atoms with Crippen LogP contribution in [0.15, 0.2) is 35.0 Å². The number of nitrogens with zero attached hydrogens (tertiary/aromatic N) is 2. The number of hydrogen-bond donors (Lipinski definition) is 1. The summed E-state index contributed by atoms with van der Waals surface area (Å²) in [5, 5.41) is 10.8. The predicted octanol–water partition coefficient (Wildman–Crippen LogP) is 1.94. The summed E-state index contributed by atoms with van der Waals surface area (Å²) in [6.07, 6.45) is 0.944. The van der Waals surface area contributed by atoms with Crippen LogP contribution in [0.5, 0.6) is 5.75 Å². The van der Waals surface area contributed by atoms with E-state index in [9.17, 15) is 0 Å². The van der Waals surface area contributed by atoms with Crippen LogP contribution in [0.3, 0.4) is 0 Å². The van der Waals surface area contributed by atoms with Crippen LogP contribution in [0.25, 0.3) is 0 Å². The Kier molecular flexibility index (Phi) is 4.72. The SMILES string of the molecule is Cc1nonc1CNCCCOc1ccccc1. The van der Waals surface area contributed by atoms with E-state index in [0.717, 1.165) is 30.1 Å². The Labute approximate surface area is 106 Å². The molecule has 0 aliphatic rings. The average Bonchev–Trinajstić information content (AvgIpc) is 2.81. The molecule has 0 spiro atoms. The van der Waals surface area contributed by atoms with Crippen molar-refractivity contribution in [3.05, 3.63) is 41.7 Å². The summed E-state index contributed by atoms with van der Waals surface area (Å²) in [6.45, 7) is 4.14. The van der Waals surface area contributed by atoms with Gasteiger partial charge < -0.3 is 10.1 Å². The molecule has 1 N–H and O–H groups in total. The summed E-state index contributed by atoms with van der Waals surface area (Å²) < 4.78 is 10.2. The highest BCUT2D eigenvalue weighted by Crippen LogP contribution is 2.08. The van der Waals surface area contributed by atoms with E-state index in [2.05, 4.69) is 20.3 Å². The first-order chi connectivity index (χ1) is 8.86. The molecule has 0 saturated heterocycles. The second kappa shape index (κ2) is 6.76. The lowest BCUT2D eigenvalue weighted by Crippen LogP contribution is -2.17. The number of rotatable bonds is 7. The van der Waals surface area contributed by atoms with Crippen LogP contribution in [-0.2, 0) is 6.54 Å². The van der Waals surface area contributed by atoms with Gasteiger partial charge >= 0.3 is 0 Å². The maximum atomic E-state index is 5.58. The topological polar surface area (TPSA) is 60.2 Å². The van der Waals surface area contributed by atoms with Crippen molar-refractivity contribution >= 4 is 0 Å². The molecule has 5 nitrogen and oxygen atoms in total. The predicted molar refractivity (Wildman–Crippen MR) is 67.3 cm³/mol. The van der Waals surface area contributed by atoms with Crippen molar-refractivity contribution in [2.24, 2.45) is 0 Å². The van der Waals surface area contributed by atoms with Crippen molar-refractivity contribution in [3.8, 4) is 5.75 Å². The van der Waals surface area contributed by atoms with Crippen molar-refractivity contribution in [2.75, 3.05) is 13.2 Å². The van der Waals surface area contributed by atoms with Crippen LogP contribution >= 0.6 is 0 Å². The standard InChI is InChI=1S/C13H17N3O2/c1-11-13(16-18-15-11)10-14-8-5-9-17-12-6-3-2-4-7-12/h2-4,6-7,14H,5,8-10H2,1H3. The van der Waals surface area contributed by atoms with Gasteiger partial charge in [0.1, 0.15) is 17.1 Å². The third-order valence-electron chi connectivity index (χ3n) is 2.55. The quantitative estimate of drug-likeness (QED) is 0.758. The Morgan fingerprint density at radius 1 is 1.22 bits per heavy atom. The van der Waals surface area contributed by atoms with Gasteiger partial charge in [0.15, 0.2) is 0 Å². The van der Waals surface area contributed by atoms with E-state index in [4.69, 9.17) is 4.74 Å². The fraction of sp³-hybridized carbons (Fsp3) is 0.385. The van der Waals surface area contributed by atoms with Crippen LogP contribution in [0, 0.1) is 6.92 Å². The largest absolute Gasteiger partial charge is 0.494 e. The molecule has 0 radical (unpaired) electrons. The molecule has 2 aromatic rings. The van der Waals surface area contributed by atoms with Gasteiger partial charge in [0, 0.05) is 6.54 Å². The van der Waals surface area contributed by atoms with Crippen molar-refractivity contribution < 1.29 is 9.37 Å². The molecule has 5 heteroatoms. The summed E-state index contributed by atoms with van der Waals surface area (Å²) in [5.41, 5.74) is 1.70. The Morgan fingerprint density at radius 3 is 2.78 bits per heavy atom. The van der Waals surface area contributed by atoms with Gasteiger partial charge in [-0.3, -0.25) is 0 Å². The van der Waals surface area contributed by atoms with Gasteiger partial charge in [-0.1, -0.05) is 28.5 Å². The first-order valence-corrected chi connectivity index (χ1v) is 6.03. The fourth-order valence-corrected chi connectivity index (χ4v) is 1.52. The maximum Gasteiger partial charge on any atom is 0.121 e. The molecule has 96 valence electrons. The number of aryl methyl sites for hydroxylation is 1. The highest BCUT2D eigenvalue weighted by molar-refractivity contribution is 5.20. The lowest BCUT2D eigenvalue weighted by molar-refractivity contribution is 0.298. The molecule has 18 heavy (non-hydrogen) atoms. The Balaban J connectivity index is 1.56. The fourth-order valence-electron chi connectivity index (χ4n) is 1.52. The van der Waals surface area contributed by atoms with Gasteiger partial charge in [-0.25, -0.2) is 4.63 Å². The molecular weight excluding hydrogens is 230 g/mol. The molecular formula is C13H17N3O2. The number of aromatic nitrogens is 2. The highest BCUT2D eigenvalue weighted by Gasteiger charge is 2.03. The van der Waals surface area contributed by atoms with E-state index < -0.39 is 0 Å². The van der Waals surface area contributed by atoms with Crippen LogP contribution in [0.2, 0.25) is 0 Å². The summed E-state index contributed by atoms with van der Waals surface area (Å²) in [6, 6.07) is 9.82. The molecule has 0 atom stereocenters. The van der Waals surface area contributed by atoms with Crippen LogP contribution in [-0.4, -0.2) is 23.5 Å². The number of nitrogens with one attached hydrogen (secondary N) is 1. The van der Waals surface area contributed by atoms with E-state index in [1.807, 2.05) is 37.3 Å². The zero-order valence-corrected chi connectivity index (χ0v) is 10.4. The average molecular weight is 247 g/mol. The molecule has 1 aromatic carbocycles. The summed E-state index contributed by atoms with van der Waals surface area (Å²) >= 11 is 0. The van der Waals surface area contributed by atoms with E-state index in [0.29, 0.717) is 13.2 Å². The van der Waals surface area contributed by atoms with Crippen molar-refractivity contribution in [2.45, 2.75) is 19.9 Å². The van der Waals surface area contributed by atoms with Crippen molar-refractivity contribution in [1.82, 2.24) is 15.6 Å². The molecule has 0 bridgehead atoms. The molecule has 2 rings (SSSR count). The van der Waals surface area contributed by atoms with Crippen molar-refractivity contribution in [1.29, 1.82) is 0 Å². The molecule has 0 aliphatic carbocycles. The highest BCUT2D eigenvalue weighted by atomic mass is 16.6. The third kappa shape index (κ3) is 3.85. The first-order valence-electron chi connectivity index (χ1n) is 6.03. The van der Waals surface area contributed by atoms with Gasteiger partial charge in [0.2, 0.25) is 0 Å². The van der Waals surface area contributed by atoms with Crippen LogP contribution in [0.1, 0.15) is 17.8 Å². The number of benzene rings is 1. The maximum absolute atomic E-state index is 5.58.